The Morgan fingerprint density at radius 3 is 2.45 bits per heavy atom. The van der Waals surface area contributed by atoms with Gasteiger partial charge in [-0.15, -0.1) is 11.3 Å². The van der Waals surface area contributed by atoms with Crippen molar-refractivity contribution < 1.29 is 22.7 Å². The van der Waals surface area contributed by atoms with Crippen molar-refractivity contribution in [2.24, 2.45) is 0 Å². The molecule has 0 aliphatic heterocycles. The van der Waals surface area contributed by atoms with Gasteiger partial charge in [-0.25, -0.2) is 4.98 Å². The molecule has 1 amide bonds. The van der Waals surface area contributed by atoms with Gasteiger partial charge in [-0.05, 0) is 62.4 Å². The van der Waals surface area contributed by atoms with Gasteiger partial charge in [-0.2, -0.15) is 23.0 Å². The van der Waals surface area contributed by atoms with E-state index in [1.54, 1.807) is 13.0 Å². The molecule has 4 aromatic rings. The highest BCUT2D eigenvalue weighted by Crippen LogP contribution is 2.30. The van der Waals surface area contributed by atoms with Crippen molar-refractivity contribution in [3.8, 4) is 22.1 Å². The Morgan fingerprint density at radius 1 is 1.12 bits per heavy atom. The topological polar surface area (TPSA) is 69.0 Å². The minimum atomic E-state index is -4.46. The first-order chi connectivity index (χ1) is 15.7. The Bertz CT molecular complexity index is 1260. The van der Waals surface area contributed by atoms with E-state index in [4.69, 9.17) is 4.74 Å². The molecular weight excluding hydrogens is 453 g/mol. The van der Waals surface area contributed by atoms with Crippen LogP contribution in [0.4, 0.5) is 19.0 Å². The van der Waals surface area contributed by atoms with E-state index in [0.29, 0.717) is 23.3 Å². The summed E-state index contributed by atoms with van der Waals surface area (Å²) in [6.45, 7) is 4.27. The molecule has 10 heteroatoms. The number of anilines is 1. The molecule has 4 rings (SSSR count). The lowest BCUT2D eigenvalue weighted by molar-refractivity contribution is -0.137. The molecule has 170 valence electrons. The number of aromatic nitrogens is 3. The van der Waals surface area contributed by atoms with Crippen LogP contribution in [0.3, 0.4) is 0 Å². The quantitative estimate of drug-likeness (QED) is 0.375. The van der Waals surface area contributed by atoms with Crippen LogP contribution < -0.4 is 10.1 Å². The molecule has 0 saturated carbocycles. The SMILES string of the molecule is CCOc1ccc(-c2csc(-n3nc(C)cc3NC(=O)c3ccc(C(F)(F)F)cc3)n2)cc1. The Balaban J connectivity index is 1.55. The van der Waals surface area contributed by atoms with Crippen LogP contribution in [0, 0.1) is 6.92 Å². The first kappa shape index (κ1) is 22.5. The average Bonchev–Trinajstić information content (AvgIpc) is 3.40. The average molecular weight is 472 g/mol. The third-order valence-electron chi connectivity index (χ3n) is 4.68. The second kappa shape index (κ2) is 9.07. The van der Waals surface area contributed by atoms with E-state index in [0.717, 1.165) is 41.3 Å². The number of aryl methyl sites for hydroxylation is 1. The monoisotopic (exact) mass is 472 g/mol. The summed E-state index contributed by atoms with van der Waals surface area (Å²) in [5.41, 5.74) is 1.58. The highest BCUT2D eigenvalue weighted by Gasteiger charge is 2.30. The summed E-state index contributed by atoms with van der Waals surface area (Å²) in [4.78, 5) is 17.2. The predicted octanol–water partition coefficient (Wildman–Crippen LogP) is 5.97. The van der Waals surface area contributed by atoms with Crippen LogP contribution in [-0.2, 0) is 6.18 Å². The molecule has 0 fully saturated rings. The summed E-state index contributed by atoms with van der Waals surface area (Å²) in [5.74, 6) is 0.589. The third kappa shape index (κ3) is 5.06. The lowest BCUT2D eigenvalue weighted by Gasteiger charge is -2.09. The van der Waals surface area contributed by atoms with Crippen LogP contribution in [0.15, 0.2) is 60.0 Å². The van der Waals surface area contributed by atoms with Crippen molar-refractivity contribution in [3.05, 3.63) is 76.8 Å². The zero-order valence-electron chi connectivity index (χ0n) is 17.7. The first-order valence-electron chi connectivity index (χ1n) is 9.99. The molecule has 0 aliphatic rings. The Kier molecular flexibility index (Phi) is 6.19. The summed E-state index contributed by atoms with van der Waals surface area (Å²) >= 11 is 1.35. The fraction of sp³-hybridized carbons (Fsp3) is 0.174. The molecule has 0 aliphatic carbocycles. The van der Waals surface area contributed by atoms with Crippen molar-refractivity contribution in [2.75, 3.05) is 11.9 Å². The number of hydrogen-bond donors (Lipinski definition) is 1. The van der Waals surface area contributed by atoms with Crippen LogP contribution in [0.5, 0.6) is 5.75 Å². The second-order valence-corrected chi connectivity index (χ2v) is 7.92. The van der Waals surface area contributed by atoms with Crippen LogP contribution in [0.2, 0.25) is 0 Å². The van der Waals surface area contributed by atoms with Crippen LogP contribution in [0.1, 0.15) is 28.5 Å². The van der Waals surface area contributed by atoms with E-state index < -0.39 is 17.6 Å². The highest BCUT2D eigenvalue weighted by molar-refractivity contribution is 7.12. The number of rotatable bonds is 6. The number of halogens is 3. The van der Waals surface area contributed by atoms with Gasteiger partial charge in [0.2, 0.25) is 5.13 Å². The van der Waals surface area contributed by atoms with Crippen molar-refractivity contribution in [1.29, 1.82) is 0 Å². The molecule has 0 radical (unpaired) electrons. The Morgan fingerprint density at radius 2 is 1.82 bits per heavy atom. The number of alkyl halides is 3. The Hall–Kier alpha value is -3.66. The molecule has 0 bridgehead atoms. The van der Waals surface area contributed by atoms with Gasteiger partial charge < -0.3 is 10.1 Å². The number of ether oxygens (including phenoxy) is 1. The maximum absolute atomic E-state index is 12.8. The highest BCUT2D eigenvalue weighted by atomic mass is 32.1. The summed E-state index contributed by atoms with van der Waals surface area (Å²) in [6.07, 6.45) is -4.46. The fourth-order valence-corrected chi connectivity index (χ4v) is 3.91. The van der Waals surface area contributed by atoms with E-state index >= 15 is 0 Å². The maximum Gasteiger partial charge on any atom is 0.416 e. The molecule has 33 heavy (non-hydrogen) atoms. The van der Waals surface area contributed by atoms with E-state index in [2.05, 4.69) is 15.4 Å². The van der Waals surface area contributed by atoms with Crippen molar-refractivity contribution in [2.45, 2.75) is 20.0 Å². The van der Waals surface area contributed by atoms with Crippen molar-refractivity contribution in [1.82, 2.24) is 14.8 Å². The maximum atomic E-state index is 12.8. The number of nitrogens with zero attached hydrogens (tertiary/aromatic N) is 3. The van der Waals surface area contributed by atoms with Crippen LogP contribution >= 0.6 is 11.3 Å². The number of carbonyl (C=O) groups excluding carboxylic acids is 1. The fourth-order valence-electron chi connectivity index (χ4n) is 3.12. The number of thiazole rings is 1. The number of amides is 1. The zero-order valence-corrected chi connectivity index (χ0v) is 18.5. The molecule has 2 aromatic heterocycles. The summed E-state index contributed by atoms with van der Waals surface area (Å²) in [6, 6.07) is 13.2. The standard InChI is InChI=1S/C23H19F3N4O2S/c1-3-32-18-10-6-15(7-11-18)19-13-33-22(27-19)30-20(12-14(2)29-30)28-21(31)16-4-8-17(9-5-16)23(24,25)26/h4-13H,3H2,1-2H3,(H,28,31). The van der Waals surface area contributed by atoms with E-state index in [1.165, 1.54) is 16.0 Å². The number of benzene rings is 2. The Labute approximate surface area is 191 Å². The summed E-state index contributed by atoms with van der Waals surface area (Å²) in [5, 5.41) is 9.52. The van der Waals surface area contributed by atoms with Gasteiger partial charge in [0, 0.05) is 22.6 Å². The van der Waals surface area contributed by atoms with Gasteiger partial charge in [0.25, 0.3) is 5.91 Å². The van der Waals surface area contributed by atoms with Gasteiger partial charge >= 0.3 is 6.18 Å². The summed E-state index contributed by atoms with van der Waals surface area (Å²) < 4.78 is 45.3. The van der Waals surface area contributed by atoms with Gasteiger partial charge in [-0.3, -0.25) is 4.79 Å². The van der Waals surface area contributed by atoms with Gasteiger partial charge in [0.15, 0.2) is 0 Å². The zero-order chi connectivity index (χ0) is 23.6. The van der Waals surface area contributed by atoms with Crippen LogP contribution in [0.25, 0.3) is 16.4 Å². The summed E-state index contributed by atoms with van der Waals surface area (Å²) in [7, 11) is 0. The van der Waals surface area contributed by atoms with Gasteiger partial charge in [-0.1, -0.05) is 0 Å². The normalized spacial score (nSPS) is 11.4. The molecule has 0 saturated heterocycles. The van der Waals surface area contributed by atoms with Gasteiger partial charge in [0.1, 0.15) is 11.6 Å². The molecular formula is C23H19F3N4O2S. The largest absolute Gasteiger partial charge is 0.494 e. The third-order valence-corrected chi connectivity index (χ3v) is 5.50. The minimum absolute atomic E-state index is 0.0996. The molecule has 2 aromatic carbocycles. The molecule has 6 nitrogen and oxygen atoms in total. The van der Waals surface area contributed by atoms with Gasteiger partial charge in [0.05, 0.1) is 23.6 Å². The van der Waals surface area contributed by atoms with Crippen molar-refractivity contribution in [3.63, 3.8) is 0 Å². The minimum Gasteiger partial charge on any atom is -0.494 e. The molecule has 0 atom stereocenters. The first-order valence-corrected chi connectivity index (χ1v) is 10.9. The predicted molar refractivity (Wildman–Crippen MR) is 120 cm³/mol. The number of hydrogen-bond acceptors (Lipinski definition) is 5. The second-order valence-electron chi connectivity index (χ2n) is 7.08. The smallest absolute Gasteiger partial charge is 0.416 e. The van der Waals surface area contributed by atoms with E-state index in [9.17, 15) is 18.0 Å². The lowest BCUT2D eigenvalue weighted by atomic mass is 10.1. The van der Waals surface area contributed by atoms with E-state index in [-0.39, 0.29) is 5.56 Å². The lowest BCUT2D eigenvalue weighted by Crippen LogP contribution is -2.15. The van der Waals surface area contributed by atoms with E-state index in [1.807, 2.05) is 36.6 Å². The van der Waals surface area contributed by atoms with Crippen LogP contribution in [-0.4, -0.2) is 27.3 Å². The van der Waals surface area contributed by atoms with Crippen molar-refractivity contribution >= 4 is 23.1 Å². The molecule has 1 N–H and O–H groups in total. The molecule has 2 heterocycles. The molecule has 0 unspecified atom stereocenters. The number of nitrogens with one attached hydrogen (secondary N) is 1. The molecule has 0 spiro atoms. The number of carbonyl (C=O) groups is 1.